The molecule has 0 heterocycles. The van der Waals surface area contributed by atoms with E-state index >= 15 is 0 Å². The summed E-state index contributed by atoms with van der Waals surface area (Å²) in [6.45, 7) is -0.145. The predicted molar refractivity (Wildman–Crippen MR) is 50.2 cm³/mol. The summed E-state index contributed by atoms with van der Waals surface area (Å²) in [5.74, 6) is 0. The van der Waals surface area contributed by atoms with Gasteiger partial charge in [0.2, 0.25) is 0 Å². The van der Waals surface area contributed by atoms with E-state index in [0.29, 0.717) is 0 Å². The lowest BCUT2D eigenvalue weighted by Gasteiger charge is -2.15. The lowest BCUT2D eigenvalue weighted by molar-refractivity contribution is 0.241. The fraction of sp³-hybridized carbons (Fsp3) is 0.400. The summed E-state index contributed by atoms with van der Waals surface area (Å²) >= 11 is 0. The van der Waals surface area contributed by atoms with E-state index in [4.69, 9.17) is 5.11 Å². The molecule has 1 rings (SSSR count). The van der Waals surface area contributed by atoms with Crippen LogP contribution < -0.4 is 5.32 Å². The van der Waals surface area contributed by atoms with Gasteiger partial charge >= 0.3 is 0 Å². The Kier molecular flexibility index (Phi) is 4.43. The van der Waals surface area contributed by atoms with Crippen LogP contribution in [-0.2, 0) is 0 Å². The van der Waals surface area contributed by atoms with Gasteiger partial charge in [-0.25, -0.2) is 4.39 Å². The number of alkyl halides is 1. The molecule has 3 heteroatoms. The summed E-state index contributed by atoms with van der Waals surface area (Å²) in [6.07, 6.45) is 0. The summed E-state index contributed by atoms with van der Waals surface area (Å²) in [5, 5.41) is 11.9. The van der Waals surface area contributed by atoms with Crippen molar-refractivity contribution in [2.45, 2.75) is 6.04 Å². The van der Waals surface area contributed by atoms with Crippen molar-refractivity contribution in [1.82, 2.24) is 5.32 Å². The minimum absolute atomic E-state index is 0.00991. The number of rotatable bonds is 5. The molecule has 0 saturated carbocycles. The standard InChI is InChI=1S/C10H14FNO/c11-6-7-12-10(8-13)9-4-2-1-3-5-9/h1-5,10,12-13H,6-8H2. The number of hydrogen-bond acceptors (Lipinski definition) is 2. The molecular weight excluding hydrogens is 169 g/mol. The maximum absolute atomic E-state index is 11.9. The van der Waals surface area contributed by atoms with Gasteiger partial charge in [-0.1, -0.05) is 30.3 Å². The van der Waals surface area contributed by atoms with E-state index in [1.165, 1.54) is 0 Å². The number of benzene rings is 1. The molecule has 1 atom stereocenters. The Balaban J connectivity index is 2.56. The fourth-order valence-corrected chi connectivity index (χ4v) is 1.20. The Morgan fingerprint density at radius 3 is 2.54 bits per heavy atom. The molecule has 1 aromatic carbocycles. The van der Waals surface area contributed by atoms with Crippen LogP contribution in [0.1, 0.15) is 11.6 Å². The van der Waals surface area contributed by atoms with Crippen LogP contribution in [-0.4, -0.2) is 24.9 Å². The van der Waals surface area contributed by atoms with E-state index in [-0.39, 0.29) is 19.2 Å². The quantitative estimate of drug-likeness (QED) is 0.720. The summed E-state index contributed by atoms with van der Waals surface area (Å²) in [7, 11) is 0. The van der Waals surface area contributed by atoms with Crippen LogP contribution in [0, 0.1) is 0 Å². The second-order valence-electron chi connectivity index (χ2n) is 2.79. The van der Waals surface area contributed by atoms with Gasteiger partial charge in [0, 0.05) is 6.54 Å². The molecule has 0 aliphatic heterocycles. The van der Waals surface area contributed by atoms with E-state index in [9.17, 15) is 4.39 Å². The maximum atomic E-state index is 11.9. The number of aliphatic hydroxyl groups excluding tert-OH is 1. The van der Waals surface area contributed by atoms with Crippen molar-refractivity contribution in [3.8, 4) is 0 Å². The third-order valence-electron chi connectivity index (χ3n) is 1.87. The number of nitrogens with one attached hydrogen (secondary N) is 1. The first kappa shape index (κ1) is 10.2. The van der Waals surface area contributed by atoms with Gasteiger partial charge in [0.25, 0.3) is 0 Å². The zero-order chi connectivity index (χ0) is 9.52. The summed E-state index contributed by atoms with van der Waals surface area (Å²) in [6, 6.07) is 9.37. The fourth-order valence-electron chi connectivity index (χ4n) is 1.20. The molecule has 0 aliphatic carbocycles. The van der Waals surface area contributed by atoms with Gasteiger partial charge < -0.3 is 10.4 Å². The molecule has 2 N–H and O–H groups in total. The highest BCUT2D eigenvalue weighted by Crippen LogP contribution is 2.10. The molecule has 72 valence electrons. The highest BCUT2D eigenvalue weighted by Gasteiger charge is 2.07. The highest BCUT2D eigenvalue weighted by molar-refractivity contribution is 5.18. The van der Waals surface area contributed by atoms with Crippen LogP contribution >= 0.6 is 0 Å². The van der Waals surface area contributed by atoms with Crippen molar-refractivity contribution in [1.29, 1.82) is 0 Å². The molecule has 0 fully saturated rings. The van der Waals surface area contributed by atoms with Crippen molar-refractivity contribution >= 4 is 0 Å². The van der Waals surface area contributed by atoms with Gasteiger partial charge in [0.1, 0.15) is 6.67 Å². The smallest absolute Gasteiger partial charge is 0.102 e. The second kappa shape index (κ2) is 5.67. The zero-order valence-electron chi connectivity index (χ0n) is 7.41. The monoisotopic (exact) mass is 183 g/mol. The first-order valence-electron chi connectivity index (χ1n) is 4.33. The molecule has 0 saturated heterocycles. The van der Waals surface area contributed by atoms with Gasteiger partial charge in [-0.3, -0.25) is 0 Å². The molecule has 13 heavy (non-hydrogen) atoms. The van der Waals surface area contributed by atoms with Crippen LogP contribution in [0.25, 0.3) is 0 Å². The average Bonchev–Trinajstić information content (AvgIpc) is 2.21. The first-order chi connectivity index (χ1) is 6.38. The molecular formula is C10H14FNO. The largest absolute Gasteiger partial charge is 0.394 e. The Labute approximate surface area is 77.4 Å². The van der Waals surface area contributed by atoms with Crippen molar-refractivity contribution in [2.75, 3.05) is 19.8 Å². The van der Waals surface area contributed by atoms with Crippen molar-refractivity contribution < 1.29 is 9.50 Å². The van der Waals surface area contributed by atoms with E-state index in [1.54, 1.807) is 0 Å². The zero-order valence-corrected chi connectivity index (χ0v) is 7.41. The van der Waals surface area contributed by atoms with E-state index in [1.807, 2.05) is 30.3 Å². The SMILES string of the molecule is OCC(NCCF)c1ccccc1. The van der Waals surface area contributed by atoms with Gasteiger partial charge in [-0.05, 0) is 5.56 Å². The van der Waals surface area contributed by atoms with Crippen molar-refractivity contribution in [3.63, 3.8) is 0 Å². The predicted octanol–water partition coefficient (Wildman–Crippen LogP) is 1.28. The minimum atomic E-state index is -0.413. The molecule has 0 aromatic heterocycles. The Hall–Kier alpha value is -0.930. The molecule has 1 aromatic rings. The molecule has 2 nitrogen and oxygen atoms in total. The third kappa shape index (κ3) is 3.13. The Morgan fingerprint density at radius 2 is 2.00 bits per heavy atom. The first-order valence-corrected chi connectivity index (χ1v) is 4.33. The molecule has 0 bridgehead atoms. The summed E-state index contributed by atoms with van der Waals surface area (Å²) in [5.41, 5.74) is 0.985. The molecule has 0 radical (unpaired) electrons. The topological polar surface area (TPSA) is 32.3 Å². The third-order valence-corrected chi connectivity index (χ3v) is 1.87. The van der Waals surface area contributed by atoms with Gasteiger partial charge in [0.05, 0.1) is 12.6 Å². The second-order valence-corrected chi connectivity index (χ2v) is 2.79. The number of halogens is 1. The minimum Gasteiger partial charge on any atom is -0.394 e. The lowest BCUT2D eigenvalue weighted by Crippen LogP contribution is -2.26. The van der Waals surface area contributed by atoms with Crippen LogP contribution in [0.2, 0.25) is 0 Å². The Morgan fingerprint density at radius 1 is 1.31 bits per heavy atom. The molecule has 0 amide bonds. The normalized spacial score (nSPS) is 12.8. The Bertz CT molecular complexity index is 228. The number of aliphatic hydroxyl groups is 1. The summed E-state index contributed by atoms with van der Waals surface area (Å²) < 4.78 is 11.9. The van der Waals surface area contributed by atoms with Gasteiger partial charge in [0.15, 0.2) is 0 Å². The van der Waals surface area contributed by atoms with Crippen LogP contribution in [0.4, 0.5) is 4.39 Å². The molecule has 1 unspecified atom stereocenters. The maximum Gasteiger partial charge on any atom is 0.102 e. The number of hydrogen-bond donors (Lipinski definition) is 2. The van der Waals surface area contributed by atoms with Gasteiger partial charge in [-0.2, -0.15) is 0 Å². The van der Waals surface area contributed by atoms with E-state index in [2.05, 4.69) is 5.32 Å². The van der Waals surface area contributed by atoms with Crippen molar-refractivity contribution in [3.05, 3.63) is 35.9 Å². The average molecular weight is 183 g/mol. The lowest BCUT2D eigenvalue weighted by atomic mass is 10.1. The van der Waals surface area contributed by atoms with Crippen LogP contribution in [0.3, 0.4) is 0 Å². The van der Waals surface area contributed by atoms with E-state index in [0.717, 1.165) is 5.56 Å². The van der Waals surface area contributed by atoms with Crippen LogP contribution in [0.15, 0.2) is 30.3 Å². The molecule has 0 aliphatic rings. The van der Waals surface area contributed by atoms with E-state index < -0.39 is 6.67 Å². The van der Waals surface area contributed by atoms with Crippen LogP contribution in [0.5, 0.6) is 0 Å². The van der Waals surface area contributed by atoms with Gasteiger partial charge in [-0.15, -0.1) is 0 Å². The molecule has 0 spiro atoms. The highest BCUT2D eigenvalue weighted by atomic mass is 19.1. The van der Waals surface area contributed by atoms with Crippen molar-refractivity contribution in [2.24, 2.45) is 0 Å². The summed E-state index contributed by atoms with van der Waals surface area (Å²) in [4.78, 5) is 0.